The summed E-state index contributed by atoms with van der Waals surface area (Å²) < 4.78 is 99.1. The second-order valence-electron chi connectivity index (χ2n) is 9.45. The summed E-state index contributed by atoms with van der Waals surface area (Å²) in [7, 11) is 0. The van der Waals surface area contributed by atoms with Crippen molar-refractivity contribution < 1.29 is 40.3 Å². The Bertz CT molecular complexity index is 1290. The lowest BCUT2D eigenvalue weighted by atomic mass is 9.77. The maximum Gasteiger partial charge on any atom is 0.573 e. The van der Waals surface area contributed by atoms with Gasteiger partial charge in [0.05, 0.1) is 11.1 Å². The van der Waals surface area contributed by atoms with E-state index in [4.69, 9.17) is 0 Å². The molecule has 2 amide bonds. The molecule has 4 rings (SSSR count). The Morgan fingerprint density at radius 3 is 2.13 bits per heavy atom. The fraction of sp³-hybridized carbons (Fsp3) is 0.321. The standard InChI is InChI=1S/C28H25F7N2O2/c29-22-14-20(13-21(15-22)27(30,31)32)26(17-18-7-2-1-3-8-18,37-25(38)36-23-10-4-5-11-23)19-9-6-12-24(16-19)39-28(33,34)35/h1-3,6-9,12-16,23H,4-5,10-11,17H2,(H2,36,37,38). The first-order chi connectivity index (χ1) is 18.3. The van der Waals surface area contributed by atoms with Crippen molar-refractivity contribution in [2.45, 2.75) is 56.2 Å². The van der Waals surface area contributed by atoms with Crippen LogP contribution in [-0.2, 0) is 18.1 Å². The minimum Gasteiger partial charge on any atom is -0.406 e. The van der Waals surface area contributed by atoms with Crippen LogP contribution in [0.1, 0.15) is 47.9 Å². The third-order valence-electron chi connectivity index (χ3n) is 6.61. The maximum atomic E-state index is 14.7. The Hall–Kier alpha value is -3.76. The third kappa shape index (κ3) is 7.21. The number of carbonyl (C=O) groups excluding carboxylic acids is 1. The number of hydrogen-bond acceptors (Lipinski definition) is 2. The van der Waals surface area contributed by atoms with E-state index in [9.17, 15) is 35.5 Å². The highest BCUT2D eigenvalue weighted by molar-refractivity contribution is 5.76. The van der Waals surface area contributed by atoms with E-state index in [-0.39, 0.29) is 23.6 Å². The Morgan fingerprint density at radius 1 is 0.821 bits per heavy atom. The zero-order valence-corrected chi connectivity index (χ0v) is 20.5. The number of halogens is 7. The largest absolute Gasteiger partial charge is 0.573 e. The van der Waals surface area contributed by atoms with Crippen LogP contribution in [0.3, 0.4) is 0 Å². The lowest BCUT2D eigenvalue weighted by Gasteiger charge is -2.37. The van der Waals surface area contributed by atoms with Crippen molar-refractivity contribution in [2.75, 3.05) is 0 Å². The van der Waals surface area contributed by atoms with Gasteiger partial charge in [0.15, 0.2) is 0 Å². The van der Waals surface area contributed by atoms with Gasteiger partial charge in [-0.25, -0.2) is 9.18 Å². The Morgan fingerprint density at radius 2 is 1.49 bits per heavy atom. The number of amides is 2. The fourth-order valence-electron chi connectivity index (χ4n) is 4.91. The highest BCUT2D eigenvalue weighted by Crippen LogP contribution is 2.39. The van der Waals surface area contributed by atoms with E-state index in [1.54, 1.807) is 30.3 Å². The lowest BCUT2D eigenvalue weighted by molar-refractivity contribution is -0.274. The number of ether oxygens (including phenoxy) is 1. The molecule has 208 valence electrons. The van der Waals surface area contributed by atoms with Crippen LogP contribution in [0.4, 0.5) is 35.5 Å². The molecule has 0 saturated heterocycles. The third-order valence-corrected chi connectivity index (χ3v) is 6.61. The quantitative estimate of drug-likeness (QED) is 0.298. The van der Waals surface area contributed by atoms with Crippen molar-refractivity contribution in [1.29, 1.82) is 0 Å². The normalized spacial score (nSPS) is 16.0. The molecule has 1 unspecified atom stereocenters. The number of hydrogen-bond donors (Lipinski definition) is 2. The summed E-state index contributed by atoms with van der Waals surface area (Å²) in [5.41, 5.74) is -3.04. The summed E-state index contributed by atoms with van der Waals surface area (Å²) in [4.78, 5) is 13.3. The average molecular weight is 555 g/mol. The van der Waals surface area contributed by atoms with Gasteiger partial charge in [0.2, 0.25) is 0 Å². The van der Waals surface area contributed by atoms with Gasteiger partial charge in [0.1, 0.15) is 11.6 Å². The van der Waals surface area contributed by atoms with E-state index >= 15 is 0 Å². The molecule has 11 heteroatoms. The first kappa shape index (κ1) is 28.3. The highest BCUT2D eigenvalue weighted by atomic mass is 19.4. The van der Waals surface area contributed by atoms with Crippen LogP contribution < -0.4 is 15.4 Å². The van der Waals surface area contributed by atoms with E-state index in [0.717, 1.165) is 31.0 Å². The molecule has 0 aliphatic heterocycles. The molecule has 1 aliphatic rings. The van der Waals surface area contributed by atoms with Crippen LogP contribution in [0.25, 0.3) is 0 Å². The van der Waals surface area contributed by atoms with Gasteiger partial charge in [-0.05, 0) is 59.9 Å². The van der Waals surface area contributed by atoms with Crippen LogP contribution in [0, 0.1) is 5.82 Å². The van der Waals surface area contributed by atoms with Gasteiger partial charge >= 0.3 is 18.6 Å². The molecule has 0 heterocycles. The number of carbonyl (C=O) groups is 1. The second-order valence-corrected chi connectivity index (χ2v) is 9.45. The number of benzene rings is 3. The van der Waals surface area contributed by atoms with Gasteiger partial charge in [-0.15, -0.1) is 13.2 Å². The predicted octanol–water partition coefficient (Wildman–Crippen LogP) is 7.47. The first-order valence-electron chi connectivity index (χ1n) is 12.2. The zero-order chi connectivity index (χ0) is 28.3. The van der Waals surface area contributed by atoms with Crippen molar-refractivity contribution in [3.8, 4) is 5.75 Å². The number of rotatable bonds is 7. The molecule has 0 aromatic heterocycles. The van der Waals surface area contributed by atoms with Gasteiger partial charge in [-0.3, -0.25) is 0 Å². The van der Waals surface area contributed by atoms with Crippen LogP contribution in [-0.4, -0.2) is 18.4 Å². The summed E-state index contributed by atoms with van der Waals surface area (Å²) in [6, 6.07) is 13.8. The Kier molecular flexibility index (Phi) is 8.08. The molecule has 0 spiro atoms. The molecule has 0 bridgehead atoms. The molecule has 1 saturated carbocycles. The molecule has 1 fully saturated rings. The molecule has 3 aromatic rings. The SMILES string of the molecule is O=C(NC1CCCC1)NC(Cc1ccccc1)(c1cccc(OC(F)(F)F)c1)c1cc(F)cc(C(F)(F)F)c1. The first-order valence-corrected chi connectivity index (χ1v) is 12.2. The highest BCUT2D eigenvalue weighted by Gasteiger charge is 2.41. The molecular weight excluding hydrogens is 529 g/mol. The van der Waals surface area contributed by atoms with Gasteiger partial charge < -0.3 is 15.4 Å². The molecular formula is C28H25F7N2O2. The van der Waals surface area contributed by atoms with Crippen molar-refractivity contribution in [3.63, 3.8) is 0 Å². The van der Waals surface area contributed by atoms with Crippen LogP contribution in [0.5, 0.6) is 5.75 Å². The summed E-state index contributed by atoms with van der Waals surface area (Å²) in [6.45, 7) is 0. The van der Waals surface area contributed by atoms with Crippen LogP contribution in [0.15, 0.2) is 72.8 Å². The molecule has 39 heavy (non-hydrogen) atoms. The molecule has 1 atom stereocenters. The Balaban J connectivity index is 1.92. The van der Waals surface area contributed by atoms with E-state index in [2.05, 4.69) is 15.4 Å². The minimum atomic E-state index is -5.05. The molecule has 0 radical (unpaired) electrons. The van der Waals surface area contributed by atoms with E-state index < -0.39 is 41.2 Å². The summed E-state index contributed by atoms with van der Waals surface area (Å²) >= 11 is 0. The van der Waals surface area contributed by atoms with Crippen molar-refractivity contribution in [3.05, 3.63) is 101 Å². The maximum absolute atomic E-state index is 14.7. The lowest BCUT2D eigenvalue weighted by Crippen LogP contribution is -2.53. The molecule has 2 N–H and O–H groups in total. The summed E-state index contributed by atoms with van der Waals surface area (Å²) in [6.07, 6.45) is -7.01. The second kappa shape index (κ2) is 11.2. The van der Waals surface area contributed by atoms with Gasteiger partial charge in [0.25, 0.3) is 0 Å². The van der Waals surface area contributed by atoms with Gasteiger partial charge in [0, 0.05) is 12.5 Å². The smallest absolute Gasteiger partial charge is 0.406 e. The minimum absolute atomic E-state index is 0.0339. The van der Waals surface area contributed by atoms with E-state index in [0.29, 0.717) is 30.5 Å². The fourth-order valence-corrected chi connectivity index (χ4v) is 4.91. The molecule has 4 nitrogen and oxygen atoms in total. The Labute approximate surface area is 220 Å². The topological polar surface area (TPSA) is 50.4 Å². The van der Waals surface area contributed by atoms with E-state index in [1.807, 2.05) is 0 Å². The predicted molar refractivity (Wildman–Crippen MR) is 129 cm³/mol. The van der Waals surface area contributed by atoms with Gasteiger partial charge in [-0.1, -0.05) is 55.3 Å². The summed E-state index contributed by atoms with van der Waals surface area (Å²) in [5.74, 6) is -1.87. The molecule has 3 aromatic carbocycles. The van der Waals surface area contributed by atoms with Crippen LogP contribution in [0.2, 0.25) is 0 Å². The van der Waals surface area contributed by atoms with E-state index in [1.165, 1.54) is 12.1 Å². The van der Waals surface area contributed by atoms with Crippen LogP contribution >= 0.6 is 0 Å². The number of urea groups is 1. The summed E-state index contributed by atoms with van der Waals surface area (Å²) in [5, 5.41) is 5.51. The van der Waals surface area contributed by atoms with Gasteiger partial charge in [-0.2, -0.15) is 13.2 Å². The number of nitrogens with one attached hydrogen (secondary N) is 2. The van der Waals surface area contributed by atoms with Crippen molar-refractivity contribution >= 4 is 6.03 Å². The van der Waals surface area contributed by atoms with Crippen molar-refractivity contribution in [1.82, 2.24) is 10.6 Å². The van der Waals surface area contributed by atoms with Crippen molar-refractivity contribution in [2.24, 2.45) is 0 Å². The molecule has 1 aliphatic carbocycles. The monoisotopic (exact) mass is 554 g/mol. The number of alkyl halides is 6. The average Bonchev–Trinajstić information content (AvgIpc) is 3.35. The zero-order valence-electron chi connectivity index (χ0n) is 20.5.